The number of hydrogen-bond donors (Lipinski definition) is 1. The van der Waals surface area contributed by atoms with Crippen LogP contribution < -0.4 is 0 Å². The van der Waals surface area contributed by atoms with E-state index in [-0.39, 0.29) is 11.0 Å². The fourth-order valence-electron chi connectivity index (χ4n) is 1.27. The molecule has 0 saturated carbocycles. The maximum absolute atomic E-state index is 10.4. The molecule has 1 heterocycles. The summed E-state index contributed by atoms with van der Waals surface area (Å²) in [6.45, 7) is 0. The van der Waals surface area contributed by atoms with E-state index >= 15 is 0 Å². The van der Waals surface area contributed by atoms with E-state index in [4.69, 9.17) is 9.52 Å². The number of halogens is 1. The number of thioether (sulfide) groups is 1. The van der Waals surface area contributed by atoms with E-state index in [9.17, 15) is 4.79 Å². The lowest BCUT2D eigenvalue weighted by Crippen LogP contribution is -1.97. The molecule has 0 saturated heterocycles. The SMILES string of the molecule is O=C(O)CSc1nnc(Cc2ccc(Br)cc2)o1. The van der Waals surface area contributed by atoms with Gasteiger partial charge >= 0.3 is 5.97 Å². The van der Waals surface area contributed by atoms with Crippen molar-refractivity contribution >= 4 is 33.7 Å². The van der Waals surface area contributed by atoms with Crippen LogP contribution in [0.4, 0.5) is 0 Å². The molecule has 0 aliphatic heterocycles. The van der Waals surface area contributed by atoms with Crippen LogP contribution in [0.3, 0.4) is 0 Å². The van der Waals surface area contributed by atoms with Gasteiger partial charge in [-0.05, 0) is 17.7 Å². The third-order valence-electron chi connectivity index (χ3n) is 2.04. The Morgan fingerprint density at radius 3 is 2.72 bits per heavy atom. The molecule has 1 aromatic carbocycles. The van der Waals surface area contributed by atoms with E-state index in [0.717, 1.165) is 21.8 Å². The first-order chi connectivity index (χ1) is 8.63. The lowest BCUT2D eigenvalue weighted by atomic mass is 10.2. The van der Waals surface area contributed by atoms with Crippen LogP contribution in [0.25, 0.3) is 0 Å². The molecule has 0 unspecified atom stereocenters. The standard InChI is InChI=1S/C11H9BrN2O3S/c12-8-3-1-7(2-4-8)5-9-13-14-11(17-9)18-6-10(15)16/h1-4H,5-6H2,(H,15,16). The van der Waals surface area contributed by atoms with Crippen molar-refractivity contribution in [2.75, 3.05) is 5.75 Å². The molecule has 1 aromatic heterocycles. The zero-order valence-corrected chi connectivity index (χ0v) is 11.6. The maximum Gasteiger partial charge on any atom is 0.314 e. The minimum atomic E-state index is -0.910. The first-order valence-corrected chi connectivity index (χ1v) is 6.83. The summed E-state index contributed by atoms with van der Waals surface area (Å²) in [5.74, 6) is -0.516. The molecule has 7 heteroatoms. The van der Waals surface area contributed by atoms with E-state index in [1.165, 1.54) is 0 Å². The second-order valence-electron chi connectivity index (χ2n) is 3.45. The smallest absolute Gasteiger partial charge is 0.314 e. The van der Waals surface area contributed by atoms with Crippen LogP contribution in [0.5, 0.6) is 0 Å². The molecular weight excluding hydrogens is 320 g/mol. The zero-order chi connectivity index (χ0) is 13.0. The Labute approximate surface area is 116 Å². The monoisotopic (exact) mass is 328 g/mol. The predicted octanol–water partition coefficient (Wildman–Crippen LogP) is 2.60. The molecule has 94 valence electrons. The summed E-state index contributed by atoms with van der Waals surface area (Å²) in [7, 11) is 0. The second-order valence-corrected chi connectivity index (χ2v) is 5.29. The Hall–Kier alpha value is -1.34. The summed E-state index contributed by atoms with van der Waals surface area (Å²) in [5.41, 5.74) is 1.05. The number of aliphatic carboxylic acids is 1. The van der Waals surface area contributed by atoms with E-state index < -0.39 is 5.97 Å². The first kappa shape index (κ1) is 13.1. The van der Waals surface area contributed by atoms with Crippen molar-refractivity contribution in [1.29, 1.82) is 0 Å². The average Bonchev–Trinajstić information content (AvgIpc) is 2.77. The third-order valence-corrected chi connectivity index (χ3v) is 3.37. The fraction of sp³-hybridized carbons (Fsp3) is 0.182. The van der Waals surface area contributed by atoms with Gasteiger partial charge in [0.15, 0.2) is 0 Å². The average molecular weight is 329 g/mol. The molecule has 0 bridgehead atoms. The van der Waals surface area contributed by atoms with Gasteiger partial charge in [-0.25, -0.2) is 0 Å². The Bertz CT molecular complexity index is 541. The van der Waals surface area contributed by atoms with Crippen molar-refractivity contribution < 1.29 is 14.3 Å². The van der Waals surface area contributed by atoms with Crippen molar-refractivity contribution in [3.63, 3.8) is 0 Å². The van der Waals surface area contributed by atoms with E-state index in [1.54, 1.807) is 0 Å². The Morgan fingerprint density at radius 2 is 2.06 bits per heavy atom. The fourth-order valence-corrected chi connectivity index (χ4v) is 2.03. The van der Waals surface area contributed by atoms with Gasteiger partial charge in [0.05, 0.1) is 6.42 Å². The largest absolute Gasteiger partial charge is 0.481 e. The van der Waals surface area contributed by atoms with Gasteiger partial charge in [0.25, 0.3) is 5.22 Å². The molecule has 0 spiro atoms. The normalized spacial score (nSPS) is 10.5. The summed E-state index contributed by atoms with van der Waals surface area (Å²) < 4.78 is 6.34. The van der Waals surface area contributed by atoms with Crippen LogP contribution in [0.2, 0.25) is 0 Å². The lowest BCUT2D eigenvalue weighted by molar-refractivity contribution is -0.133. The molecule has 18 heavy (non-hydrogen) atoms. The Kier molecular flexibility index (Phi) is 4.38. The number of aromatic nitrogens is 2. The van der Waals surface area contributed by atoms with Gasteiger partial charge in [-0.2, -0.15) is 0 Å². The highest BCUT2D eigenvalue weighted by atomic mass is 79.9. The highest BCUT2D eigenvalue weighted by Gasteiger charge is 2.09. The molecule has 2 rings (SSSR count). The van der Waals surface area contributed by atoms with Crippen LogP contribution in [-0.4, -0.2) is 27.0 Å². The minimum absolute atomic E-state index is 0.0834. The third kappa shape index (κ3) is 3.85. The van der Waals surface area contributed by atoms with Gasteiger partial charge < -0.3 is 9.52 Å². The molecule has 0 atom stereocenters. The molecular formula is C11H9BrN2O3S. The molecule has 5 nitrogen and oxygen atoms in total. The number of nitrogens with zero attached hydrogens (tertiary/aromatic N) is 2. The Morgan fingerprint density at radius 1 is 1.33 bits per heavy atom. The molecule has 1 N–H and O–H groups in total. The zero-order valence-electron chi connectivity index (χ0n) is 9.17. The minimum Gasteiger partial charge on any atom is -0.481 e. The van der Waals surface area contributed by atoms with Crippen molar-refractivity contribution in [2.24, 2.45) is 0 Å². The van der Waals surface area contributed by atoms with Gasteiger partial charge in [-0.3, -0.25) is 4.79 Å². The van der Waals surface area contributed by atoms with E-state index in [0.29, 0.717) is 12.3 Å². The van der Waals surface area contributed by atoms with Crippen LogP contribution in [0, 0.1) is 0 Å². The van der Waals surface area contributed by atoms with Crippen molar-refractivity contribution in [3.8, 4) is 0 Å². The summed E-state index contributed by atoms with van der Waals surface area (Å²) >= 11 is 4.37. The molecule has 0 radical (unpaired) electrons. The lowest BCUT2D eigenvalue weighted by Gasteiger charge is -1.96. The second kappa shape index (κ2) is 6.01. The summed E-state index contributed by atoms with van der Waals surface area (Å²) in [5, 5.41) is 16.5. The number of carbonyl (C=O) groups is 1. The molecule has 0 aliphatic carbocycles. The van der Waals surface area contributed by atoms with Gasteiger partial charge in [-0.15, -0.1) is 10.2 Å². The van der Waals surface area contributed by atoms with Crippen molar-refractivity contribution in [3.05, 3.63) is 40.2 Å². The van der Waals surface area contributed by atoms with Crippen molar-refractivity contribution in [2.45, 2.75) is 11.6 Å². The van der Waals surface area contributed by atoms with Crippen LogP contribution >= 0.6 is 27.7 Å². The number of rotatable bonds is 5. The summed E-state index contributed by atoms with van der Waals surface area (Å²) in [6, 6.07) is 7.79. The van der Waals surface area contributed by atoms with Gasteiger partial charge in [-0.1, -0.05) is 39.8 Å². The molecule has 0 fully saturated rings. The van der Waals surface area contributed by atoms with Crippen LogP contribution in [-0.2, 0) is 11.2 Å². The number of hydrogen-bond acceptors (Lipinski definition) is 5. The number of carboxylic acids is 1. The van der Waals surface area contributed by atoms with E-state index in [2.05, 4.69) is 26.1 Å². The molecule has 0 aliphatic rings. The quantitative estimate of drug-likeness (QED) is 0.850. The number of carboxylic acid groups (broad SMARTS) is 1. The number of benzene rings is 1. The topological polar surface area (TPSA) is 76.2 Å². The Balaban J connectivity index is 1.97. The van der Waals surface area contributed by atoms with Crippen LogP contribution in [0.15, 0.2) is 38.4 Å². The summed E-state index contributed by atoms with van der Waals surface area (Å²) in [6.07, 6.45) is 0.536. The highest BCUT2D eigenvalue weighted by molar-refractivity contribution is 9.10. The first-order valence-electron chi connectivity index (χ1n) is 5.05. The maximum atomic E-state index is 10.4. The van der Waals surface area contributed by atoms with Gasteiger partial charge in [0.1, 0.15) is 5.75 Å². The van der Waals surface area contributed by atoms with Crippen LogP contribution in [0.1, 0.15) is 11.5 Å². The molecule has 0 amide bonds. The predicted molar refractivity (Wildman–Crippen MR) is 69.6 cm³/mol. The van der Waals surface area contributed by atoms with Gasteiger partial charge in [0.2, 0.25) is 5.89 Å². The van der Waals surface area contributed by atoms with Gasteiger partial charge in [0, 0.05) is 4.47 Å². The van der Waals surface area contributed by atoms with Crippen molar-refractivity contribution in [1.82, 2.24) is 10.2 Å². The summed E-state index contributed by atoms with van der Waals surface area (Å²) in [4.78, 5) is 10.4. The van der Waals surface area contributed by atoms with E-state index in [1.807, 2.05) is 24.3 Å². The highest BCUT2D eigenvalue weighted by Crippen LogP contribution is 2.18. The molecule has 2 aromatic rings.